The van der Waals surface area contributed by atoms with E-state index in [4.69, 9.17) is 44.6 Å². The Kier molecular flexibility index (Phi) is 9.57. The van der Waals surface area contributed by atoms with E-state index < -0.39 is 24.0 Å². The van der Waals surface area contributed by atoms with Crippen molar-refractivity contribution in [2.75, 3.05) is 53.1 Å². The normalized spacial score (nSPS) is 32.1. The van der Waals surface area contributed by atoms with Crippen LogP contribution in [0.2, 0.25) is 0 Å². The second-order valence-corrected chi connectivity index (χ2v) is 11.0. The van der Waals surface area contributed by atoms with Crippen LogP contribution in [0, 0.1) is 0 Å². The number of aliphatic hydroxyl groups excluding tert-OH is 1. The van der Waals surface area contributed by atoms with Gasteiger partial charge in [-0.15, -0.1) is 0 Å². The fourth-order valence-electron chi connectivity index (χ4n) is 6.43. The van der Waals surface area contributed by atoms with Gasteiger partial charge in [0.1, 0.15) is 47.2 Å². The Morgan fingerprint density at radius 2 is 1.47 bits per heavy atom. The van der Waals surface area contributed by atoms with Gasteiger partial charge in [-0.1, -0.05) is 7.43 Å². The topological polar surface area (TPSA) is 198 Å². The standard InChI is InChI=1S/C15H20N4O4.C13H18N4O4.CH4/c1-8-15(6-20-2)12(21-3)11(22-8)14(23-15)19-7-18-10-9(16)4-5-17-13(10)19;1-19-5-8-11(20-2)10(18)13(21-8)17-6-16-9-7(14)3-4-15-12(9)17;/h4-5,7-8,11-12,14H,6H2,1-3H3,(H2,16,17);3-4,6,8,10-11,13,18H,5H2,1-2H3,(H2,14,15);1H4/t8?,11?,12?,14-,15+;8-,10?,11?,13-;/m11./s1. The molecule has 3 saturated heterocycles. The molecule has 7 heterocycles. The van der Waals surface area contributed by atoms with Gasteiger partial charge in [0.25, 0.3) is 0 Å². The molecular formula is C29H42N8O8. The number of methoxy groups -OCH3 is 4. The fraction of sp³-hybridized carbons (Fsp3) is 0.586. The number of pyridine rings is 2. The number of anilines is 2. The molecule has 0 aliphatic carbocycles. The Bertz CT molecular complexity index is 1600. The summed E-state index contributed by atoms with van der Waals surface area (Å²) in [5.41, 5.74) is 14.8. The minimum absolute atomic E-state index is 0. The zero-order chi connectivity index (χ0) is 31.2. The maximum Gasteiger partial charge on any atom is 0.166 e. The number of nitrogen functional groups attached to an aromatic ring is 2. The van der Waals surface area contributed by atoms with E-state index >= 15 is 0 Å². The van der Waals surface area contributed by atoms with Crippen LogP contribution in [0.1, 0.15) is 26.8 Å². The Balaban J connectivity index is 0.000000175. The number of aliphatic hydroxyl groups is 1. The van der Waals surface area contributed by atoms with Crippen LogP contribution in [0.15, 0.2) is 37.2 Å². The van der Waals surface area contributed by atoms with E-state index in [1.807, 2.05) is 11.5 Å². The lowest BCUT2D eigenvalue weighted by Crippen LogP contribution is -2.50. The Labute approximate surface area is 260 Å². The first-order valence-corrected chi connectivity index (χ1v) is 14.1. The fourth-order valence-corrected chi connectivity index (χ4v) is 6.43. The molecule has 16 heteroatoms. The highest BCUT2D eigenvalue weighted by Gasteiger charge is 2.66. The predicted molar refractivity (Wildman–Crippen MR) is 163 cm³/mol. The molecule has 0 saturated carbocycles. The predicted octanol–water partition coefficient (Wildman–Crippen LogP) is 1.30. The molecular weight excluding hydrogens is 588 g/mol. The minimum Gasteiger partial charge on any atom is -0.397 e. The maximum absolute atomic E-state index is 10.4. The number of aromatic nitrogens is 6. The van der Waals surface area contributed by atoms with Gasteiger partial charge in [-0.05, 0) is 19.1 Å². The summed E-state index contributed by atoms with van der Waals surface area (Å²) in [5.74, 6) is 0. The summed E-state index contributed by atoms with van der Waals surface area (Å²) in [7, 11) is 6.42. The molecule has 4 aromatic heterocycles. The molecule has 3 fully saturated rings. The highest BCUT2D eigenvalue weighted by Crippen LogP contribution is 2.50. The molecule has 9 atom stereocenters. The van der Waals surface area contributed by atoms with Crippen LogP contribution in [-0.2, 0) is 33.2 Å². The number of nitrogens with two attached hydrogens (primary N) is 2. The third-order valence-corrected chi connectivity index (χ3v) is 8.52. The SMILES string of the molecule is C.COC[C@H]1O[C@@H](n2cnc3c(N)ccnc32)C(O)C1OC.COC[C@]12O[C@@H](n3cnc4c(N)ccnc43)C(OC1C)C2OC. The molecule has 3 aliphatic rings. The highest BCUT2D eigenvalue weighted by molar-refractivity contribution is 5.84. The van der Waals surface area contributed by atoms with Crippen molar-refractivity contribution in [3.8, 4) is 0 Å². The summed E-state index contributed by atoms with van der Waals surface area (Å²) in [4.78, 5) is 17.2. The first-order valence-electron chi connectivity index (χ1n) is 14.1. The van der Waals surface area contributed by atoms with Crippen molar-refractivity contribution in [2.24, 2.45) is 0 Å². The van der Waals surface area contributed by atoms with Crippen molar-refractivity contribution < 1.29 is 38.3 Å². The van der Waals surface area contributed by atoms with Gasteiger partial charge in [0.15, 0.2) is 23.8 Å². The Morgan fingerprint density at radius 1 is 0.867 bits per heavy atom. The lowest BCUT2D eigenvalue weighted by atomic mass is 9.94. The molecule has 7 rings (SSSR count). The molecule has 246 valence electrons. The van der Waals surface area contributed by atoms with Crippen molar-refractivity contribution in [1.29, 1.82) is 0 Å². The summed E-state index contributed by atoms with van der Waals surface area (Å²) in [6.07, 6.45) is 3.17. The summed E-state index contributed by atoms with van der Waals surface area (Å²) >= 11 is 0. The Hall–Kier alpha value is -3.48. The van der Waals surface area contributed by atoms with Crippen LogP contribution in [-0.4, -0.2) is 118 Å². The van der Waals surface area contributed by atoms with E-state index in [-0.39, 0.29) is 38.1 Å². The second-order valence-electron chi connectivity index (χ2n) is 11.0. The van der Waals surface area contributed by atoms with E-state index in [9.17, 15) is 5.11 Å². The molecule has 0 amide bonds. The lowest BCUT2D eigenvalue weighted by Gasteiger charge is -2.35. The molecule has 0 spiro atoms. The largest absolute Gasteiger partial charge is 0.397 e. The minimum atomic E-state index is -0.851. The van der Waals surface area contributed by atoms with Crippen molar-refractivity contribution in [3.63, 3.8) is 0 Å². The molecule has 0 radical (unpaired) electrons. The van der Waals surface area contributed by atoms with Gasteiger partial charge in [0.2, 0.25) is 0 Å². The van der Waals surface area contributed by atoms with Gasteiger partial charge in [0.05, 0.1) is 43.3 Å². The van der Waals surface area contributed by atoms with Crippen LogP contribution in [0.4, 0.5) is 11.4 Å². The van der Waals surface area contributed by atoms with Gasteiger partial charge < -0.3 is 49.7 Å². The third-order valence-electron chi connectivity index (χ3n) is 8.52. The number of ether oxygens (including phenoxy) is 7. The van der Waals surface area contributed by atoms with E-state index in [1.165, 1.54) is 7.11 Å². The van der Waals surface area contributed by atoms with Gasteiger partial charge in [0, 0.05) is 40.8 Å². The van der Waals surface area contributed by atoms with Crippen molar-refractivity contribution in [3.05, 3.63) is 37.2 Å². The average Bonchev–Trinajstić information content (AvgIpc) is 3.81. The van der Waals surface area contributed by atoms with E-state index in [1.54, 1.807) is 63.1 Å². The van der Waals surface area contributed by atoms with Crippen LogP contribution < -0.4 is 11.5 Å². The van der Waals surface area contributed by atoms with Gasteiger partial charge in [-0.25, -0.2) is 19.9 Å². The van der Waals surface area contributed by atoms with Gasteiger partial charge >= 0.3 is 0 Å². The zero-order valence-electron chi connectivity index (χ0n) is 25.1. The summed E-state index contributed by atoms with van der Waals surface area (Å²) < 4.78 is 43.3. The quantitative estimate of drug-likeness (QED) is 0.252. The number of hydrogen-bond acceptors (Lipinski definition) is 14. The summed E-state index contributed by atoms with van der Waals surface area (Å²) in [6.45, 7) is 2.69. The second kappa shape index (κ2) is 13.1. The molecule has 0 aromatic carbocycles. The number of hydrogen-bond donors (Lipinski definition) is 3. The number of rotatable bonds is 8. The average molecular weight is 631 g/mol. The first kappa shape index (κ1) is 32.9. The molecule has 4 aromatic rings. The molecule has 45 heavy (non-hydrogen) atoms. The van der Waals surface area contributed by atoms with Crippen molar-refractivity contribution >= 4 is 33.7 Å². The molecule has 2 bridgehead atoms. The number of imidazole rings is 2. The Morgan fingerprint density at radius 3 is 2.00 bits per heavy atom. The highest BCUT2D eigenvalue weighted by atomic mass is 16.7. The van der Waals surface area contributed by atoms with E-state index in [2.05, 4.69) is 19.9 Å². The summed E-state index contributed by atoms with van der Waals surface area (Å²) in [5, 5.41) is 10.4. The maximum atomic E-state index is 10.4. The molecule has 3 aliphatic heterocycles. The molecule has 16 nitrogen and oxygen atoms in total. The number of fused-ring (bicyclic) bond motifs is 4. The monoisotopic (exact) mass is 630 g/mol. The van der Waals surface area contributed by atoms with Crippen LogP contribution in [0.5, 0.6) is 0 Å². The smallest absolute Gasteiger partial charge is 0.166 e. The third kappa shape index (κ3) is 5.30. The number of nitrogens with zero attached hydrogens (tertiary/aromatic N) is 6. The van der Waals surface area contributed by atoms with Crippen LogP contribution in [0.3, 0.4) is 0 Å². The lowest BCUT2D eigenvalue weighted by molar-refractivity contribution is -0.220. The first-order chi connectivity index (χ1) is 21.3. The molecule has 5 N–H and O–H groups in total. The summed E-state index contributed by atoms with van der Waals surface area (Å²) in [6, 6.07) is 3.40. The van der Waals surface area contributed by atoms with Gasteiger partial charge in [-0.2, -0.15) is 0 Å². The van der Waals surface area contributed by atoms with Crippen molar-refractivity contribution in [1.82, 2.24) is 29.1 Å². The van der Waals surface area contributed by atoms with E-state index in [0.717, 1.165) is 0 Å². The van der Waals surface area contributed by atoms with Gasteiger partial charge in [-0.3, -0.25) is 9.13 Å². The molecule has 5 unspecified atom stereocenters. The zero-order valence-corrected chi connectivity index (χ0v) is 25.1. The van der Waals surface area contributed by atoms with Crippen LogP contribution in [0.25, 0.3) is 22.3 Å². The van der Waals surface area contributed by atoms with Crippen molar-refractivity contribution in [2.45, 2.75) is 69.0 Å². The van der Waals surface area contributed by atoms with Crippen LogP contribution >= 0.6 is 0 Å². The van der Waals surface area contributed by atoms with E-state index in [0.29, 0.717) is 46.9 Å².